The molecule has 200 valence electrons. The first-order chi connectivity index (χ1) is 18.8. The van der Waals surface area contributed by atoms with E-state index in [1.807, 2.05) is 0 Å². The van der Waals surface area contributed by atoms with Crippen LogP contribution < -0.4 is 24.4 Å². The van der Waals surface area contributed by atoms with E-state index in [4.69, 9.17) is 14.2 Å². The van der Waals surface area contributed by atoms with E-state index in [0.29, 0.717) is 27.6 Å². The monoisotopic (exact) mass is 547 g/mol. The Kier molecular flexibility index (Phi) is 8.21. The van der Waals surface area contributed by atoms with Gasteiger partial charge in [-0.05, 0) is 36.8 Å². The maximum absolute atomic E-state index is 13.8. The summed E-state index contributed by atoms with van der Waals surface area (Å²) in [5.41, 5.74) is 0.771. The molecule has 1 aliphatic rings. The quantitative estimate of drug-likeness (QED) is 0.165. The lowest BCUT2D eigenvalue weighted by molar-refractivity contribution is -0.385. The molecule has 1 unspecified atom stereocenters. The van der Waals surface area contributed by atoms with E-state index in [9.17, 15) is 19.7 Å². The minimum absolute atomic E-state index is 0.0257. The standard InChI is InChI=1S/C28H25N3O7S/c1-5-13-37-21-12-11-19(15-22(21)36-4)25-24(27(33)38-14-6-2)17(3)29-28-30(25)26(32)23(39-28)16-18-9-7-8-10-20(18)31(34)35/h5-12,15-16,25H,1-2,13-14H2,3-4H3. The van der Waals surface area contributed by atoms with E-state index in [1.165, 1.54) is 29.9 Å². The number of rotatable bonds is 10. The highest BCUT2D eigenvalue weighted by molar-refractivity contribution is 7.07. The zero-order chi connectivity index (χ0) is 28.1. The summed E-state index contributed by atoms with van der Waals surface area (Å²) in [5, 5.41) is 11.5. The van der Waals surface area contributed by atoms with Crippen LogP contribution in [0, 0.1) is 10.1 Å². The molecule has 10 nitrogen and oxygen atoms in total. The molecule has 0 aliphatic carbocycles. The van der Waals surface area contributed by atoms with Gasteiger partial charge in [0, 0.05) is 6.07 Å². The number of hydrogen-bond donors (Lipinski definition) is 0. The highest BCUT2D eigenvalue weighted by atomic mass is 32.1. The van der Waals surface area contributed by atoms with Gasteiger partial charge >= 0.3 is 5.97 Å². The van der Waals surface area contributed by atoms with Crippen molar-refractivity contribution in [3.63, 3.8) is 0 Å². The van der Waals surface area contributed by atoms with Gasteiger partial charge < -0.3 is 14.2 Å². The Morgan fingerprint density at radius 3 is 2.62 bits per heavy atom. The number of allylic oxidation sites excluding steroid dienone is 1. The van der Waals surface area contributed by atoms with Gasteiger partial charge in [-0.3, -0.25) is 19.5 Å². The summed E-state index contributed by atoms with van der Waals surface area (Å²) in [4.78, 5) is 42.9. The topological polar surface area (TPSA) is 122 Å². The number of benzene rings is 2. The molecule has 0 amide bonds. The summed E-state index contributed by atoms with van der Waals surface area (Å²) in [6, 6.07) is 10.3. The fourth-order valence-corrected chi connectivity index (χ4v) is 5.19. The molecule has 2 aromatic carbocycles. The normalized spacial score (nSPS) is 14.7. The largest absolute Gasteiger partial charge is 0.493 e. The number of fused-ring (bicyclic) bond motifs is 1. The lowest BCUT2D eigenvalue weighted by atomic mass is 9.95. The van der Waals surface area contributed by atoms with Crippen LogP contribution in [0.1, 0.15) is 24.1 Å². The zero-order valence-electron chi connectivity index (χ0n) is 21.3. The Morgan fingerprint density at radius 1 is 1.18 bits per heavy atom. The van der Waals surface area contributed by atoms with Crippen molar-refractivity contribution in [1.29, 1.82) is 0 Å². The van der Waals surface area contributed by atoms with Gasteiger partial charge in [0.1, 0.15) is 13.2 Å². The number of thiazole rings is 1. The summed E-state index contributed by atoms with van der Waals surface area (Å²) in [6.45, 7) is 9.13. The summed E-state index contributed by atoms with van der Waals surface area (Å²) < 4.78 is 18.1. The average molecular weight is 548 g/mol. The van der Waals surface area contributed by atoms with Gasteiger partial charge in [-0.2, -0.15) is 0 Å². The van der Waals surface area contributed by atoms with Crippen molar-refractivity contribution in [1.82, 2.24) is 4.57 Å². The van der Waals surface area contributed by atoms with Crippen LogP contribution in [0.15, 0.2) is 88.8 Å². The Labute approximate surface area is 227 Å². The van der Waals surface area contributed by atoms with Crippen molar-refractivity contribution in [3.05, 3.63) is 120 Å². The second kappa shape index (κ2) is 11.7. The van der Waals surface area contributed by atoms with Crippen molar-refractivity contribution in [2.75, 3.05) is 20.3 Å². The molecule has 0 saturated carbocycles. The fraction of sp³-hybridized carbons (Fsp3) is 0.179. The predicted octanol–water partition coefficient (Wildman–Crippen LogP) is 3.45. The van der Waals surface area contributed by atoms with Gasteiger partial charge in [-0.1, -0.05) is 54.8 Å². The van der Waals surface area contributed by atoms with Gasteiger partial charge in [0.05, 0.1) is 39.4 Å². The highest BCUT2D eigenvalue weighted by Gasteiger charge is 2.34. The second-order valence-corrected chi connectivity index (χ2v) is 9.30. The van der Waals surface area contributed by atoms with Crippen molar-refractivity contribution < 1.29 is 23.9 Å². The van der Waals surface area contributed by atoms with Crippen LogP contribution in [0.3, 0.4) is 0 Å². The summed E-state index contributed by atoms with van der Waals surface area (Å²) in [6.07, 6.45) is 4.50. The lowest BCUT2D eigenvalue weighted by Gasteiger charge is -2.25. The molecule has 1 aliphatic heterocycles. The van der Waals surface area contributed by atoms with Crippen LogP contribution in [0.5, 0.6) is 11.5 Å². The van der Waals surface area contributed by atoms with E-state index < -0.39 is 22.5 Å². The van der Waals surface area contributed by atoms with Gasteiger partial charge in [0.25, 0.3) is 11.2 Å². The van der Waals surface area contributed by atoms with Gasteiger partial charge in [-0.15, -0.1) is 0 Å². The first kappa shape index (κ1) is 27.3. The van der Waals surface area contributed by atoms with Crippen LogP contribution in [0.4, 0.5) is 5.69 Å². The molecular formula is C28H25N3O7S. The second-order valence-electron chi connectivity index (χ2n) is 8.29. The fourth-order valence-electron chi connectivity index (χ4n) is 4.15. The summed E-state index contributed by atoms with van der Waals surface area (Å²) >= 11 is 1.07. The Balaban J connectivity index is 1.95. The van der Waals surface area contributed by atoms with E-state index >= 15 is 0 Å². The number of carbonyl (C=O) groups is 1. The van der Waals surface area contributed by atoms with Gasteiger partial charge in [0.15, 0.2) is 16.3 Å². The number of carbonyl (C=O) groups excluding carboxylic acids is 1. The Hall–Kier alpha value is -4.77. The van der Waals surface area contributed by atoms with E-state index in [-0.39, 0.29) is 34.6 Å². The number of esters is 1. The average Bonchev–Trinajstić information content (AvgIpc) is 3.23. The molecule has 1 atom stereocenters. The molecule has 1 aromatic heterocycles. The first-order valence-electron chi connectivity index (χ1n) is 11.8. The molecular weight excluding hydrogens is 522 g/mol. The number of nitro groups is 1. The number of nitrogens with zero attached hydrogens (tertiary/aromatic N) is 3. The smallest absolute Gasteiger partial charge is 0.338 e. The van der Waals surface area contributed by atoms with Gasteiger partial charge in [-0.25, -0.2) is 9.79 Å². The van der Waals surface area contributed by atoms with E-state index in [2.05, 4.69) is 18.2 Å². The van der Waals surface area contributed by atoms with Crippen molar-refractivity contribution in [2.45, 2.75) is 13.0 Å². The molecule has 4 rings (SSSR count). The first-order valence-corrected chi connectivity index (χ1v) is 12.6. The third-order valence-corrected chi connectivity index (χ3v) is 6.84. The Morgan fingerprint density at radius 2 is 1.92 bits per heavy atom. The van der Waals surface area contributed by atoms with Crippen molar-refractivity contribution in [3.8, 4) is 11.5 Å². The molecule has 0 spiro atoms. The maximum atomic E-state index is 13.8. The predicted molar refractivity (Wildman–Crippen MR) is 147 cm³/mol. The molecule has 39 heavy (non-hydrogen) atoms. The number of hydrogen-bond acceptors (Lipinski definition) is 9. The number of ether oxygens (including phenoxy) is 3. The Bertz CT molecular complexity index is 1680. The number of methoxy groups -OCH3 is 1. The molecule has 0 radical (unpaired) electrons. The molecule has 0 saturated heterocycles. The third-order valence-electron chi connectivity index (χ3n) is 5.85. The summed E-state index contributed by atoms with van der Waals surface area (Å²) in [7, 11) is 1.48. The molecule has 2 heterocycles. The SMILES string of the molecule is C=CCOC(=O)C1=C(C)N=c2sc(=Cc3ccccc3[N+](=O)[O-])c(=O)n2C1c1ccc(OCC=C)c(OC)c1. The molecule has 0 bridgehead atoms. The molecule has 0 N–H and O–H groups in total. The van der Waals surface area contributed by atoms with Crippen molar-refractivity contribution >= 4 is 29.1 Å². The highest BCUT2D eigenvalue weighted by Crippen LogP contribution is 2.36. The van der Waals surface area contributed by atoms with Crippen LogP contribution in [-0.4, -0.2) is 35.8 Å². The van der Waals surface area contributed by atoms with Crippen LogP contribution >= 0.6 is 11.3 Å². The molecule has 11 heteroatoms. The minimum Gasteiger partial charge on any atom is -0.493 e. The third kappa shape index (κ3) is 5.43. The summed E-state index contributed by atoms with van der Waals surface area (Å²) in [5.74, 6) is 0.200. The van der Waals surface area contributed by atoms with Crippen LogP contribution in [0.2, 0.25) is 0 Å². The van der Waals surface area contributed by atoms with E-state index in [0.717, 1.165) is 11.3 Å². The minimum atomic E-state index is -0.908. The zero-order valence-corrected chi connectivity index (χ0v) is 22.1. The molecule has 3 aromatic rings. The van der Waals surface area contributed by atoms with Crippen LogP contribution in [-0.2, 0) is 9.53 Å². The van der Waals surface area contributed by atoms with Crippen LogP contribution in [0.25, 0.3) is 6.08 Å². The number of para-hydroxylation sites is 1. The van der Waals surface area contributed by atoms with Crippen molar-refractivity contribution in [2.24, 2.45) is 4.99 Å². The number of aromatic nitrogens is 1. The maximum Gasteiger partial charge on any atom is 0.338 e. The molecule has 0 fully saturated rings. The van der Waals surface area contributed by atoms with Gasteiger partial charge in [0.2, 0.25) is 0 Å². The number of nitro benzene ring substituents is 1. The lowest BCUT2D eigenvalue weighted by Crippen LogP contribution is -2.40. The van der Waals surface area contributed by atoms with E-state index in [1.54, 1.807) is 49.4 Å².